The van der Waals surface area contributed by atoms with E-state index in [1.165, 1.54) is 16.9 Å². The third-order valence-electron chi connectivity index (χ3n) is 4.21. The van der Waals surface area contributed by atoms with Crippen LogP contribution in [0.1, 0.15) is 15.2 Å². The highest BCUT2D eigenvalue weighted by atomic mass is 32.1. The SMILES string of the molecule is COc1ccc(CCNc2ccn3nc(NC(=O)c4cccs4)nc3c2)cc1. The van der Waals surface area contributed by atoms with Crippen LogP contribution in [0.5, 0.6) is 5.75 Å². The fourth-order valence-electron chi connectivity index (χ4n) is 2.76. The molecule has 1 amide bonds. The molecule has 0 radical (unpaired) electrons. The molecule has 0 aliphatic heterocycles. The van der Waals surface area contributed by atoms with Crippen LogP contribution >= 0.6 is 11.3 Å². The number of rotatable bonds is 7. The monoisotopic (exact) mass is 393 g/mol. The lowest BCUT2D eigenvalue weighted by molar-refractivity contribution is 0.102. The molecule has 0 bridgehead atoms. The van der Waals surface area contributed by atoms with Gasteiger partial charge in [-0.1, -0.05) is 18.2 Å². The number of benzene rings is 1. The number of nitrogens with zero attached hydrogens (tertiary/aromatic N) is 3. The number of hydrogen-bond acceptors (Lipinski definition) is 6. The van der Waals surface area contributed by atoms with Crippen LogP contribution in [0.15, 0.2) is 60.1 Å². The molecule has 0 spiro atoms. The average Bonchev–Trinajstić information content (AvgIpc) is 3.38. The standard InChI is InChI=1S/C20H19N5O2S/c1-27-16-6-4-14(5-7-16)8-10-21-15-9-11-25-18(13-15)22-20(24-25)23-19(26)17-3-2-12-28-17/h2-7,9,11-13,21H,8,10H2,1H3,(H,23,24,26). The van der Waals surface area contributed by atoms with Crippen LogP contribution in [0.4, 0.5) is 11.6 Å². The third-order valence-corrected chi connectivity index (χ3v) is 5.08. The zero-order valence-corrected chi connectivity index (χ0v) is 16.1. The van der Waals surface area contributed by atoms with Crippen molar-refractivity contribution in [2.75, 3.05) is 24.3 Å². The Morgan fingerprint density at radius 3 is 2.82 bits per heavy atom. The van der Waals surface area contributed by atoms with Crippen LogP contribution in [0, 0.1) is 0 Å². The van der Waals surface area contributed by atoms with Crippen molar-refractivity contribution < 1.29 is 9.53 Å². The van der Waals surface area contributed by atoms with Crippen molar-refractivity contribution in [2.45, 2.75) is 6.42 Å². The Labute approximate surface area is 166 Å². The Morgan fingerprint density at radius 2 is 2.07 bits per heavy atom. The van der Waals surface area contributed by atoms with Crippen molar-refractivity contribution >= 4 is 34.5 Å². The highest BCUT2D eigenvalue weighted by Gasteiger charge is 2.11. The molecule has 3 aromatic heterocycles. The molecule has 0 aliphatic carbocycles. The van der Waals surface area contributed by atoms with E-state index in [0.717, 1.165) is 24.4 Å². The highest BCUT2D eigenvalue weighted by molar-refractivity contribution is 7.12. The smallest absolute Gasteiger partial charge is 0.268 e. The number of anilines is 2. The molecule has 7 nitrogen and oxygen atoms in total. The summed E-state index contributed by atoms with van der Waals surface area (Å²) >= 11 is 1.38. The van der Waals surface area contributed by atoms with E-state index in [-0.39, 0.29) is 11.9 Å². The van der Waals surface area contributed by atoms with E-state index in [2.05, 4.69) is 32.8 Å². The van der Waals surface area contributed by atoms with Crippen molar-refractivity contribution in [1.29, 1.82) is 0 Å². The number of carbonyl (C=O) groups is 1. The fraction of sp³-hybridized carbons (Fsp3) is 0.150. The first-order chi connectivity index (χ1) is 13.7. The van der Waals surface area contributed by atoms with Gasteiger partial charge in [-0.15, -0.1) is 16.4 Å². The van der Waals surface area contributed by atoms with Crippen molar-refractivity contribution in [3.05, 3.63) is 70.5 Å². The second kappa shape index (κ2) is 8.10. The van der Waals surface area contributed by atoms with E-state index in [1.807, 2.05) is 41.9 Å². The minimum absolute atomic E-state index is 0.205. The van der Waals surface area contributed by atoms with Crippen molar-refractivity contribution in [3.63, 3.8) is 0 Å². The summed E-state index contributed by atoms with van der Waals surface area (Å²) < 4.78 is 6.81. The molecule has 0 saturated heterocycles. The lowest BCUT2D eigenvalue weighted by Crippen LogP contribution is -2.11. The van der Waals surface area contributed by atoms with E-state index < -0.39 is 0 Å². The minimum Gasteiger partial charge on any atom is -0.497 e. The van der Waals surface area contributed by atoms with Crippen LogP contribution in [0.3, 0.4) is 0 Å². The predicted octanol–water partition coefficient (Wildman–Crippen LogP) is 3.71. The van der Waals surface area contributed by atoms with Crippen molar-refractivity contribution in [2.24, 2.45) is 0 Å². The molecule has 4 rings (SSSR count). The average molecular weight is 393 g/mol. The zero-order chi connectivity index (χ0) is 19.3. The fourth-order valence-corrected chi connectivity index (χ4v) is 3.38. The molecule has 8 heteroatoms. The minimum atomic E-state index is -0.205. The van der Waals surface area contributed by atoms with Gasteiger partial charge in [-0.3, -0.25) is 10.1 Å². The summed E-state index contributed by atoms with van der Waals surface area (Å²) in [7, 11) is 1.66. The quantitative estimate of drug-likeness (QED) is 0.500. The van der Waals surface area contributed by atoms with Gasteiger partial charge in [0.1, 0.15) is 5.75 Å². The van der Waals surface area contributed by atoms with Gasteiger partial charge in [0.2, 0.25) is 5.95 Å². The van der Waals surface area contributed by atoms with Crippen molar-refractivity contribution in [3.8, 4) is 5.75 Å². The Kier molecular flexibility index (Phi) is 5.20. The molecule has 0 aliphatic rings. The van der Waals surface area contributed by atoms with Gasteiger partial charge >= 0.3 is 0 Å². The number of ether oxygens (including phenoxy) is 1. The molecule has 3 heterocycles. The number of nitrogens with one attached hydrogen (secondary N) is 2. The highest BCUT2D eigenvalue weighted by Crippen LogP contribution is 2.15. The number of thiophene rings is 1. The summed E-state index contributed by atoms with van der Waals surface area (Å²) in [6.45, 7) is 0.790. The van der Waals surface area contributed by atoms with Crippen LogP contribution < -0.4 is 15.4 Å². The summed E-state index contributed by atoms with van der Waals surface area (Å²) in [6.07, 6.45) is 2.71. The van der Waals surface area contributed by atoms with Crippen LogP contribution in [-0.4, -0.2) is 34.2 Å². The normalized spacial score (nSPS) is 10.8. The molecule has 0 fully saturated rings. The molecular weight excluding hydrogens is 374 g/mol. The number of carbonyl (C=O) groups excluding carboxylic acids is 1. The predicted molar refractivity (Wildman–Crippen MR) is 110 cm³/mol. The van der Waals surface area contributed by atoms with Gasteiger partial charge in [0, 0.05) is 24.5 Å². The maximum atomic E-state index is 12.1. The first kappa shape index (κ1) is 18.0. The van der Waals surface area contributed by atoms with Gasteiger partial charge < -0.3 is 10.1 Å². The van der Waals surface area contributed by atoms with Gasteiger partial charge in [-0.05, 0) is 41.6 Å². The molecule has 28 heavy (non-hydrogen) atoms. The first-order valence-electron chi connectivity index (χ1n) is 8.79. The van der Waals surface area contributed by atoms with E-state index in [0.29, 0.717) is 10.5 Å². The lowest BCUT2D eigenvalue weighted by Gasteiger charge is -2.07. The second-order valence-corrected chi connectivity index (χ2v) is 7.06. The summed E-state index contributed by atoms with van der Waals surface area (Å²) in [5, 5.41) is 12.3. The van der Waals surface area contributed by atoms with Crippen LogP contribution in [0.2, 0.25) is 0 Å². The maximum absolute atomic E-state index is 12.1. The number of pyridine rings is 1. The van der Waals surface area contributed by atoms with Gasteiger partial charge in [0.25, 0.3) is 5.91 Å². The molecule has 1 aromatic carbocycles. The number of fused-ring (bicyclic) bond motifs is 1. The van der Waals surface area contributed by atoms with E-state index in [4.69, 9.17) is 4.74 Å². The Morgan fingerprint density at radius 1 is 1.21 bits per heavy atom. The number of aromatic nitrogens is 3. The summed E-state index contributed by atoms with van der Waals surface area (Å²) in [5.74, 6) is 0.938. The molecule has 142 valence electrons. The Balaban J connectivity index is 1.37. The number of amides is 1. The first-order valence-corrected chi connectivity index (χ1v) is 9.67. The largest absolute Gasteiger partial charge is 0.497 e. The van der Waals surface area contributed by atoms with Gasteiger partial charge in [0.15, 0.2) is 5.65 Å². The lowest BCUT2D eigenvalue weighted by atomic mass is 10.1. The van der Waals surface area contributed by atoms with E-state index in [9.17, 15) is 4.79 Å². The molecular formula is C20H19N5O2S. The zero-order valence-electron chi connectivity index (χ0n) is 15.3. The second-order valence-electron chi connectivity index (χ2n) is 6.11. The Bertz CT molecular complexity index is 1070. The Hall–Kier alpha value is -3.39. The summed E-state index contributed by atoms with van der Waals surface area (Å²) in [4.78, 5) is 17.1. The molecule has 0 saturated carbocycles. The van der Waals surface area contributed by atoms with Gasteiger partial charge in [-0.25, -0.2) is 4.52 Å². The van der Waals surface area contributed by atoms with Crippen molar-refractivity contribution in [1.82, 2.24) is 14.6 Å². The molecule has 4 aromatic rings. The maximum Gasteiger partial charge on any atom is 0.268 e. The van der Waals surface area contributed by atoms with Crippen LogP contribution in [0.25, 0.3) is 5.65 Å². The van der Waals surface area contributed by atoms with Gasteiger partial charge in [0.05, 0.1) is 12.0 Å². The number of hydrogen-bond donors (Lipinski definition) is 2. The molecule has 2 N–H and O–H groups in total. The van der Waals surface area contributed by atoms with E-state index >= 15 is 0 Å². The van der Waals surface area contributed by atoms with E-state index in [1.54, 1.807) is 17.7 Å². The molecule has 0 unspecified atom stereocenters. The van der Waals surface area contributed by atoms with Gasteiger partial charge in [-0.2, -0.15) is 4.98 Å². The number of methoxy groups -OCH3 is 1. The topological polar surface area (TPSA) is 80.5 Å². The third kappa shape index (κ3) is 4.12. The van der Waals surface area contributed by atoms with Crippen LogP contribution in [-0.2, 0) is 6.42 Å². The summed E-state index contributed by atoms with van der Waals surface area (Å²) in [6, 6.07) is 15.5. The molecule has 0 atom stereocenters. The summed E-state index contributed by atoms with van der Waals surface area (Å²) in [5.41, 5.74) is 2.84.